The predicted octanol–water partition coefficient (Wildman–Crippen LogP) is 2.13. The summed E-state index contributed by atoms with van der Waals surface area (Å²) in [6.45, 7) is 10.4. The van der Waals surface area contributed by atoms with Crippen LogP contribution in [0.3, 0.4) is 0 Å². The molecule has 0 heterocycles. The van der Waals surface area contributed by atoms with Gasteiger partial charge >= 0.3 is 0 Å². The second-order valence-corrected chi connectivity index (χ2v) is 4.76. The first-order chi connectivity index (χ1) is 5.90. The maximum atomic E-state index is 9.53. The molecule has 1 N–H and O–H groups in total. The van der Waals surface area contributed by atoms with Gasteiger partial charge in [0, 0.05) is 12.0 Å². The second-order valence-electron chi connectivity index (χ2n) is 4.76. The Kier molecular flexibility index (Phi) is 5.57. The maximum Gasteiger partial charge on any atom is 0.0575 e. The molecule has 0 radical (unpaired) electrons. The van der Waals surface area contributed by atoms with Gasteiger partial charge in [-0.1, -0.05) is 27.2 Å². The first-order valence-corrected chi connectivity index (χ1v) is 5.26. The van der Waals surface area contributed by atoms with E-state index < -0.39 is 0 Å². The molecule has 0 saturated heterocycles. The Balaban J connectivity index is 3.82. The summed E-state index contributed by atoms with van der Waals surface area (Å²) in [5.41, 5.74) is 0.00247. The van der Waals surface area contributed by atoms with Gasteiger partial charge in [0.05, 0.1) is 6.10 Å². The molecule has 0 amide bonds. The predicted molar refractivity (Wildman–Crippen MR) is 57.9 cm³/mol. The molecule has 0 aromatic heterocycles. The minimum Gasteiger partial charge on any atom is -0.393 e. The molecule has 0 saturated carbocycles. The molecular formula is C11H25NO. The number of aliphatic hydroxyl groups excluding tert-OH is 1. The van der Waals surface area contributed by atoms with Gasteiger partial charge in [-0.3, -0.25) is 0 Å². The molecule has 2 nitrogen and oxygen atoms in total. The van der Waals surface area contributed by atoms with Crippen LogP contribution in [0.25, 0.3) is 0 Å². The standard InChI is InChI=1S/C11H25NO/c1-6-7-8-12(5)9-11(3,4)10(2)13/h10,13H,6-9H2,1-5H3. The van der Waals surface area contributed by atoms with Crippen LogP contribution in [0, 0.1) is 5.41 Å². The fourth-order valence-electron chi connectivity index (χ4n) is 1.33. The summed E-state index contributed by atoms with van der Waals surface area (Å²) in [6.07, 6.45) is 2.24. The molecule has 2 heteroatoms. The molecule has 0 rings (SSSR count). The van der Waals surface area contributed by atoms with Gasteiger partial charge in [0.15, 0.2) is 0 Å². The van der Waals surface area contributed by atoms with Crippen LogP contribution >= 0.6 is 0 Å². The molecule has 1 unspecified atom stereocenters. The Morgan fingerprint density at radius 2 is 1.92 bits per heavy atom. The molecule has 13 heavy (non-hydrogen) atoms. The topological polar surface area (TPSA) is 23.5 Å². The first-order valence-electron chi connectivity index (χ1n) is 5.26. The molecule has 0 fully saturated rings. The van der Waals surface area contributed by atoms with Crippen LogP contribution in [0.15, 0.2) is 0 Å². The van der Waals surface area contributed by atoms with E-state index in [1.165, 1.54) is 12.8 Å². The SMILES string of the molecule is CCCCN(C)CC(C)(C)C(C)O. The van der Waals surface area contributed by atoms with Crippen molar-refractivity contribution in [3.8, 4) is 0 Å². The van der Waals surface area contributed by atoms with Crippen molar-refractivity contribution < 1.29 is 5.11 Å². The van der Waals surface area contributed by atoms with Crippen molar-refractivity contribution in [3.05, 3.63) is 0 Å². The van der Waals surface area contributed by atoms with Gasteiger partial charge < -0.3 is 10.0 Å². The highest BCUT2D eigenvalue weighted by Crippen LogP contribution is 2.21. The van der Waals surface area contributed by atoms with E-state index in [0.717, 1.165) is 13.1 Å². The number of nitrogens with zero attached hydrogens (tertiary/aromatic N) is 1. The van der Waals surface area contributed by atoms with Gasteiger partial charge in [-0.2, -0.15) is 0 Å². The smallest absolute Gasteiger partial charge is 0.0575 e. The average Bonchev–Trinajstić information content (AvgIpc) is 1.99. The van der Waals surface area contributed by atoms with Gasteiger partial charge in [0.2, 0.25) is 0 Å². The zero-order valence-corrected chi connectivity index (χ0v) is 9.80. The number of hydrogen-bond donors (Lipinski definition) is 1. The van der Waals surface area contributed by atoms with Crippen molar-refractivity contribution in [1.29, 1.82) is 0 Å². The summed E-state index contributed by atoms with van der Waals surface area (Å²) < 4.78 is 0. The average molecular weight is 187 g/mol. The number of hydrogen-bond acceptors (Lipinski definition) is 2. The highest BCUT2D eigenvalue weighted by molar-refractivity contribution is 4.77. The second kappa shape index (κ2) is 5.61. The van der Waals surface area contributed by atoms with E-state index in [2.05, 4.69) is 32.7 Å². The van der Waals surface area contributed by atoms with Gasteiger partial charge in [-0.25, -0.2) is 0 Å². The lowest BCUT2D eigenvalue weighted by Crippen LogP contribution is -2.38. The molecular weight excluding hydrogens is 162 g/mol. The number of unbranched alkanes of at least 4 members (excludes halogenated alkanes) is 1. The largest absolute Gasteiger partial charge is 0.393 e. The lowest BCUT2D eigenvalue weighted by molar-refractivity contribution is 0.0406. The molecule has 0 spiro atoms. The van der Waals surface area contributed by atoms with Crippen LogP contribution in [0.2, 0.25) is 0 Å². The van der Waals surface area contributed by atoms with Crippen LogP contribution in [0.5, 0.6) is 0 Å². The minimum atomic E-state index is -0.239. The summed E-state index contributed by atoms with van der Waals surface area (Å²) in [4.78, 5) is 2.30. The highest BCUT2D eigenvalue weighted by atomic mass is 16.3. The summed E-state index contributed by atoms with van der Waals surface area (Å²) in [5.74, 6) is 0. The molecule has 80 valence electrons. The van der Waals surface area contributed by atoms with Crippen LogP contribution in [0.4, 0.5) is 0 Å². The van der Waals surface area contributed by atoms with E-state index in [4.69, 9.17) is 0 Å². The van der Waals surface area contributed by atoms with E-state index in [9.17, 15) is 5.11 Å². The van der Waals surface area contributed by atoms with Crippen LogP contribution in [-0.4, -0.2) is 36.2 Å². The van der Waals surface area contributed by atoms with E-state index in [1.807, 2.05) is 6.92 Å². The number of rotatable bonds is 6. The Bertz CT molecular complexity index is 132. The fourth-order valence-corrected chi connectivity index (χ4v) is 1.33. The Morgan fingerprint density at radius 1 is 1.38 bits per heavy atom. The Hall–Kier alpha value is -0.0800. The monoisotopic (exact) mass is 187 g/mol. The summed E-state index contributed by atoms with van der Waals surface area (Å²) in [5, 5.41) is 9.53. The summed E-state index contributed by atoms with van der Waals surface area (Å²) in [7, 11) is 2.12. The quantitative estimate of drug-likeness (QED) is 0.688. The number of aliphatic hydroxyl groups is 1. The molecule has 0 aromatic rings. The van der Waals surface area contributed by atoms with E-state index in [-0.39, 0.29) is 11.5 Å². The van der Waals surface area contributed by atoms with Gasteiger partial charge in [-0.15, -0.1) is 0 Å². The van der Waals surface area contributed by atoms with Crippen molar-refractivity contribution in [2.45, 2.75) is 46.6 Å². The van der Waals surface area contributed by atoms with Crippen molar-refractivity contribution in [3.63, 3.8) is 0 Å². The molecule has 0 aliphatic rings. The van der Waals surface area contributed by atoms with E-state index in [1.54, 1.807) is 0 Å². The van der Waals surface area contributed by atoms with E-state index in [0.29, 0.717) is 0 Å². The molecule has 1 atom stereocenters. The van der Waals surface area contributed by atoms with Crippen LogP contribution < -0.4 is 0 Å². The summed E-state index contributed by atoms with van der Waals surface area (Å²) in [6, 6.07) is 0. The van der Waals surface area contributed by atoms with Crippen LogP contribution in [-0.2, 0) is 0 Å². The minimum absolute atomic E-state index is 0.00247. The third-order valence-corrected chi connectivity index (χ3v) is 2.70. The summed E-state index contributed by atoms with van der Waals surface area (Å²) >= 11 is 0. The van der Waals surface area contributed by atoms with Crippen molar-refractivity contribution in [1.82, 2.24) is 4.90 Å². The van der Waals surface area contributed by atoms with Gasteiger partial charge in [-0.05, 0) is 26.9 Å². The highest BCUT2D eigenvalue weighted by Gasteiger charge is 2.25. The molecule has 0 aromatic carbocycles. The Morgan fingerprint density at radius 3 is 2.31 bits per heavy atom. The molecule has 0 bridgehead atoms. The third-order valence-electron chi connectivity index (χ3n) is 2.70. The normalized spacial score (nSPS) is 15.0. The lowest BCUT2D eigenvalue weighted by atomic mass is 9.87. The zero-order chi connectivity index (χ0) is 10.5. The van der Waals surface area contributed by atoms with Crippen molar-refractivity contribution in [2.75, 3.05) is 20.1 Å². The maximum absolute atomic E-state index is 9.53. The Labute approximate surface area is 82.9 Å². The van der Waals surface area contributed by atoms with E-state index >= 15 is 0 Å². The zero-order valence-electron chi connectivity index (χ0n) is 9.80. The van der Waals surface area contributed by atoms with Gasteiger partial charge in [0.25, 0.3) is 0 Å². The van der Waals surface area contributed by atoms with Crippen molar-refractivity contribution >= 4 is 0 Å². The lowest BCUT2D eigenvalue weighted by Gasteiger charge is -2.32. The van der Waals surface area contributed by atoms with Crippen molar-refractivity contribution in [2.24, 2.45) is 5.41 Å². The fraction of sp³-hybridized carbons (Fsp3) is 1.00. The van der Waals surface area contributed by atoms with Crippen LogP contribution in [0.1, 0.15) is 40.5 Å². The third kappa shape index (κ3) is 5.27. The molecule has 0 aliphatic carbocycles. The molecule has 0 aliphatic heterocycles. The van der Waals surface area contributed by atoms with Gasteiger partial charge in [0.1, 0.15) is 0 Å². The first kappa shape index (κ1) is 12.9.